The topological polar surface area (TPSA) is 0 Å². The van der Waals surface area contributed by atoms with E-state index in [1.807, 2.05) is 0 Å². The summed E-state index contributed by atoms with van der Waals surface area (Å²) in [5, 5.41) is 1.62. The fourth-order valence-electron chi connectivity index (χ4n) is 2.34. The van der Waals surface area contributed by atoms with Gasteiger partial charge < -0.3 is 0 Å². The predicted octanol–water partition coefficient (Wildman–Crippen LogP) is 7.91. The van der Waals surface area contributed by atoms with Crippen molar-refractivity contribution in [2.24, 2.45) is 0 Å². The second kappa shape index (κ2) is 6.07. The zero-order valence-corrected chi connectivity index (χ0v) is 14.5. The van der Waals surface area contributed by atoms with Gasteiger partial charge >= 0.3 is 0 Å². The van der Waals surface area contributed by atoms with Crippen molar-refractivity contribution in [1.29, 1.82) is 0 Å². The smallest absolute Gasteiger partial charge is 0.131 e. The third kappa shape index (κ3) is 2.46. The first kappa shape index (κ1) is 16.2. The molecule has 0 aliphatic heterocycles. The second-order valence-electron chi connectivity index (χ2n) is 4.59. The fourth-order valence-corrected chi connectivity index (χ4v) is 3.69. The highest BCUT2D eigenvalue weighted by atomic mass is 35.5. The van der Waals surface area contributed by atoms with E-state index in [-0.39, 0.29) is 30.9 Å². The highest BCUT2D eigenvalue weighted by molar-refractivity contribution is 6.56. The Bertz CT molecular complexity index is 870. The van der Waals surface area contributed by atoms with Crippen LogP contribution in [0.15, 0.2) is 36.4 Å². The first-order valence-electron chi connectivity index (χ1n) is 6.12. The molecule has 0 amide bonds. The zero-order chi connectivity index (χ0) is 16.0. The van der Waals surface area contributed by atoms with Gasteiger partial charge in [0.15, 0.2) is 0 Å². The molecule has 0 spiro atoms. The average molecular weight is 394 g/mol. The molecule has 0 saturated carbocycles. The van der Waals surface area contributed by atoms with Crippen molar-refractivity contribution in [2.45, 2.75) is 0 Å². The third-order valence-electron chi connectivity index (χ3n) is 3.33. The molecular weight excluding hydrogens is 388 g/mol. The molecule has 0 N–H and O–H groups in total. The van der Waals surface area contributed by atoms with Crippen molar-refractivity contribution in [3.8, 4) is 11.1 Å². The normalized spacial score (nSPS) is 11.2. The van der Waals surface area contributed by atoms with Crippen LogP contribution in [-0.4, -0.2) is 0 Å². The minimum absolute atomic E-state index is 0.0720. The van der Waals surface area contributed by atoms with E-state index in [0.29, 0.717) is 21.9 Å². The number of fused-ring (bicyclic) bond motifs is 1. The summed E-state index contributed by atoms with van der Waals surface area (Å²) in [6.45, 7) is 0. The van der Waals surface area contributed by atoms with Gasteiger partial charge in [-0.2, -0.15) is 0 Å². The van der Waals surface area contributed by atoms with Crippen molar-refractivity contribution >= 4 is 68.8 Å². The van der Waals surface area contributed by atoms with E-state index in [4.69, 9.17) is 58.0 Å². The van der Waals surface area contributed by atoms with E-state index >= 15 is 0 Å². The summed E-state index contributed by atoms with van der Waals surface area (Å²) >= 11 is 30.8. The molecule has 112 valence electrons. The molecule has 0 aromatic heterocycles. The van der Waals surface area contributed by atoms with Gasteiger partial charge in [-0.1, -0.05) is 88.3 Å². The van der Waals surface area contributed by atoms with Crippen LogP contribution in [0.1, 0.15) is 0 Å². The summed E-state index contributed by atoms with van der Waals surface area (Å²) in [7, 11) is 0. The van der Waals surface area contributed by atoms with Gasteiger partial charge in [0.25, 0.3) is 0 Å². The van der Waals surface area contributed by atoms with Crippen LogP contribution in [0.25, 0.3) is 21.9 Å². The fraction of sp³-hybridized carbons (Fsp3) is 0. The van der Waals surface area contributed by atoms with E-state index < -0.39 is 0 Å². The third-order valence-corrected chi connectivity index (χ3v) is 5.61. The van der Waals surface area contributed by atoms with Gasteiger partial charge in [0, 0.05) is 10.9 Å². The van der Waals surface area contributed by atoms with Gasteiger partial charge in [0.05, 0.1) is 25.1 Å². The Morgan fingerprint density at radius 2 is 1.14 bits per heavy atom. The lowest BCUT2D eigenvalue weighted by Gasteiger charge is -2.15. The second-order valence-corrected chi connectivity index (χ2v) is 6.48. The van der Waals surface area contributed by atoms with E-state index in [1.165, 1.54) is 6.07 Å². The van der Waals surface area contributed by atoms with Crippen LogP contribution in [0.2, 0.25) is 25.1 Å². The Morgan fingerprint density at radius 1 is 0.636 bits per heavy atom. The number of rotatable bonds is 1. The van der Waals surface area contributed by atoms with Crippen LogP contribution in [0.3, 0.4) is 0 Å². The Balaban J connectivity index is 2.49. The lowest BCUT2D eigenvalue weighted by molar-refractivity contribution is 0.640. The standard InChI is InChI=1S/C16H6Cl5F/c17-12-11(13(18)15(20)16(21)14(12)19)8-5-1-3-7-4-2-6-9(22)10(7)8/h1-6H. The molecule has 0 unspecified atom stereocenters. The van der Waals surface area contributed by atoms with Gasteiger partial charge in [-0.25, -0.2) is 4.39 Å². The summed E-state index contributed by atoms with van der Waals surface area (Å²) in [5.41, 5.74) is 0.865. The summed E-state index contributed by atoms with van der Waals surface area (Å²) in [6.07, 6.45) is 0. The van der Waals surface area contributed by atoms with Crippen molar-refractivity contribution in [1.82, 2.24) is 0 Å². The molecule has 0 aliphatic carbocycles. The highest BCUT2D eigenvalue weighted by Gasteiger charge is 2.22. The average Bonchev–Trinajstić information content (AvgIpc) is 2.51. The van der Waals surface area contributed by atoms with Crippen LogP contribution in [-0.2, 0) is 0 Å². The molecule has 0 heterocycles. The molecule has 0 saturated heterocycles. The Hall–Kier alpha value is -0.700. The maximum Gasteiger partial charge on any atom is 0.131 e. The first-order chi connectivity index (χ1) is 10.4. The summed E-state index contributed by atoms with van der Waals surface area (Å²) in [6, 6.07) is 10.1. The lowest BCUT2D eigenvalue weighted by atomic mass is 9.97. The Labute approximate surface area is 151 Å². The van der Waals surface area contributed by atoms with Gasteiger partial charge in [0.1, 0.15) is 5.82 Å². The van der Waals surface area contributed by atoms with Gasteiger partial charge in [-0.15, -0.1) is 0 Å². The molecule has 0 radical (unpaired) electrons. The number of hydrogen-bond donors (Lipinski definition) is 0. The quantitative estimate of drug-likeness (QED) is 0.290. The van der Waals surface area contributed by atoms with E-state index in [2.05, 4.69) is 0 Å². The van der Waals surface area contributed by atoms with Gasteiger partial charge in [-0.3, -0.25) is 0 Å². The van der Waals surface area contributed by atoms with Crippen LogP contribution in [0, 0.1) is 5.82 Å². The van der Waals surface area contributed by atoms with Crippen LogP contribution in [0.4, 0.5) is 4.39 Å². The van der Waals surface area contributed by atoms with Gasteiger partial charge in [0.2, 0.25) is 0 Å². The first-order valence-corrected chi connectivity index (χ1v) is 8.01. The molecule has 0 fully saturated rings. The summed E-state index contributed by atoms with van der Waals surface area (Å²) in [4.78, 5) is 0. The van der Waals surface area contributed by atoms with Crippen LogP contribution in [0.5, 0.6) is 0 Å². The van der Waals surface area contributed by atoms with E-state index in [9.17, 15) is 4.39 Å². The molecule has 0 atom stereocenters. The molecule has 3 rings (SSSR count). The van der Waals surface area contributed by atoms with Gasteiger partial charge in [-0.05, 0) is 17.0 Å². The molecule has 0 nitrogen and oxygen atoms in total. The molecule has 6 heteroatoms. The largest absolute Gasteiger partial charge is 0.206 e. The van der Waals surface area contributed by atoms with Crippen molar-refractivity contribution in [2.75, 3.05) is 0 Å². The zero-order valence-electron chi connectivity index (χ0n) is 10.7. The van der Waals surface area contributed by atoms with Crippen LogP contribution >= 0.6 is 58.0 Å². The monoisotopic (exact) mass is 392 g/mol. The number of halogens is 6. The summed E-state index contributed by atoms with van der Waals surface area (Å²) in [5.74, 6) is -0.387. The van der Waals surface area contributed by atoms with E-state index in [0.717, 1.165) is 0 Å². The van der Waals surface area contributed by atoms with Crippen molar-refractivity contribution in [3.05, 3.63) is 67.3 Å². The molecule has 0 bridgehead atoms. The minimum atomic E-state index is -0.387. The number of hydrogen-bond acceptors (Lipinski definition) is 0. The van der Waals surface area contributed by atoms with E-state index in [1.54, 1.807) is 30.3 Å². The molecule has 22 heavy (non-hydrogen) atoms. The van der Waals surface area contributed by atoms with Crippen LogP contribution < -0.4 is 0 Å². The highest BCUT2D eigenvalue weighted by Crippen LogP contribution is 2.49. The van der Waals surface area contributed by atoms with Crippen molar-refractivity contribution in [3.63, 3.8) is 0 Å². The maximum absolute atomic E-state index is 14.3. The Kier molecular flexibility index (Phi) is 4.46. The summed E-state index contributed by atoms with van der Waals surface area (Å²) < 4.78 is 14.3. The SMILES string of the molecule is Fc1cccc2cccc(-c3c(Cl)c(Cl)c(Cl)c(Cl)c3Cl)c12. The number of benzene rings is 3. The minimum Gasteiger partial charge on any atom is -0.206 e. The maximum atomic E-state index is 14.3. The lowest BCUT2D eigenvalue weighted by Crippen LogP contribution is -1.90. The molecule has 3 aromatic carbocycles. The predicted molar refractivity (Wildman–Crippen MR) is 94.4 cm³/mol. The molecular formula is C16H6Cl5F. The molecule has 0 aliphatic rings. The van der Waals surface area contributed by atoms with Crippen molar-refractivity contribution < 1.29 is 4.39 Å². The molecule has 3 aromatic rings. The Morgan fingerprint density at radius 3 is 1.73 bits per heavy atom.